The molecule has 25 heavy (non-hydrogen) atoms. The number of para-hydroxylation sites is 3. The Kier molecular flexibility index (Phi) is 5.18. The molecule has 0 aliphatic heterocycles. The van der Waals surface area contributed by atoms with E-state index in [-0.39, 0.29) is 14.9 Å². The number of sulfonamides is 1. The minimum atomic E-state index is -3.93. The number of nitrogens with one attached hydrogen (secondary N) is 1. The molecule has 1 N–H and O–H groups in total. The number of anilines is 1. The molecule has 0 saturated heterocycles. The molecule has 7 heteroatoms. The fraction of sp³-hybridized carbons (Fsp3) is 0. The molecule has 0 aromatic heterocycles. The molecular weight excluding hydrogens is 381 g/mol. The highest BCUT2D eigenvalue weighted by Crippen LogP contribution is 2.32. The summed E-state index contributed by atoms with van der Waals surface area (Å²) in [6, 6.07) is 20.1. The van der Waals surface area contributed by atoms with Gasteiger partial charge in [-0.05, 0) is 42.5 Å². The van der Waals surface area contributed by atoms with Crippen molar-refractivity contribution in [3.05, 3.63) is 82.8 Å². The Hall–Kier alpha value is -2.21. The molecule has 0 unspecified atom stereocenters. The monoisotopic (exact) mass is 393 g/mol. The lowest BCUT2D eigenvalue weighted by Crippen LogP contribution is -2.14. The van der Waals surface area contributed by atoms with Crippen LogP contribution in [0.3, 0.4) is 0 Å². The fourth-order valence-corrected chi connectivity index (χ4v) is 3.97. The first-order chi connectivity index (χ1) is 12.0. The summed E-state index contributed by atoms with van der Waals surface area (Å²) in [5, 5.41) is 0.358. The Bertz CT molecular complexity index is 992. The summed E-state index contributed by atoms with van der Waals surface area (Å²) in [5.74, 6) is 0.963. The van der Waals surface area contributed by atoms with E-state index in [0.717, 1.165) is 0 Å². The quantitative estimate of drug-likeness (QED) is 0.614. The predicted octanol–water partition coefficient (Wildman–Crippen LogP) is 5.59. The SMILES string of the molecule is O=S(=O)(Nc1ccccc1Oc1ccccc1)c1cc(Cl)ccc1Cl. The maximum absolute atomic E-state index is 12.7. The van der Waals surface area contributed by atoms with Crippen LogP contribution in [-0.4, -0.2) is 8.42 Å². The Morgan fingerprint density at radius 2 is 1.52 bits per heavy atom. The lowest BCUT2D eigenvalue weighted by atomic mass is 10.3. The summed E-state index contributed by atoms with van der Waals surface area (Å²) in [5.41, 5.74) is 0.294. The lowest BCUT2D eigenvalue weighted by molar-refractivity contribution is 0.485. The third-order valence-corrected chi connectivity index (χ3v) is 5.37. The molecule has 4 nitrogen and oxygen atoms in total. The molecular formula is C18H13Cl2NO3S. The molecule has 0 amide bonds. The summed E-state index contributed by atoms with van der Waals surface area (Å²) in [6.45, 7) is 0. The Morgan fingerprint density at radius 1 is 0.840 bits per heavy atom. The van der Waals surface area contributed by atoms with Crippen molar-refractivity contribution >= 4 is 38.9 Å². The Morgan fingerprint density at radius 3 is 2.28 bits per heavy atom. The van der Waals surface area contributed by atoms with E-state index in [4.69, 9.17) is 27.9 Å². The van der Waals surface area contributed by atoms with Gasteiger partial charge in [0.1, 0.15) is 10.6 Å². The molecule has 0 bridgehead atoms. The first kappa shape index (κ1) is 17.6. The zero-order valence-electron chi connectivity index (χ0n) is 12.8. The van der Waals surface area contributed by atoms with E-state index in [2.05, 4.69) is 4.72 Å². The van der Waals surface area contributed by atoms with Gasteiger partial charge in [0.2, 0.25) is 0 Å². The number of ether oxygens (including phenoxy) is 1. The number of hydrogen-bond donors (Lipinski definition) is 1. The molecule has 0 fully saturated rings. The van der Waals surface area contributed by atoms with Crippen LogP contribution in [0.1, 0.15) is 0 Å². The van der Waals surface area contributed by atoms with Crippen molar-refractivity contribution in [1.29, 1.82) is 0 Å². The van der Waals surface area contributed by atoms with Crippen molar-refractivity contribution in [2.75, 3.05) is 4.72 Å². The zero-order valence-corrected chi connectivity index (χ0v) is 15.1. The van der Waals surface area contributed by atoms with E-state index >= 15 is 0 Å². The van der Waals surface area contributed by atoms with Crippen molar-refractivity contribution in [2.45, 2.75) is 4.90 Å². The molecule has 0 aliphatic rings. The van der Waals surface area contributed by atoms with Gasteiger partial charge in [0, 0.05) is 5.02 Å². The normalized spacial score (nSPS) is 11.1. The third-order valence-electron chi connectivity index (χ3n) is 3.29. The average molecular weight is 394 g/mol. The van der Waals surface area contributed by atoms with Crippen LogP contribution in [0.15, 0.2) is 77.7 Å². The van der Waals surface area contributed by atoms with Crippen LogP contribution in [0, 0.1) is 0 Å². The largest absolute Gasteiger partial charge is 0.455 e. The number of rotatable bonds is 5. The van der Waals surface area contributed by atoms with Gasteiger partial charge in [-0.2, -0.15) is 0 Å². The van der Waals surface area contributed by atoms with Crippen molar-refractivity contribution < 1.29 is 13.2 Å². The maximum Gasteiger partial charge on any atom is 0.263 e. The van der Waals surface area contributed by atoms with E-state index in [1.165, 1.54) is 18.2 Å². The number of benzene rings is 3. The standard InChI is InChI=1S/C18H13Cl2NO3S/c19-13-10-11-15(20)18(12-13)25(22,23)21-16-8-4-5-9-17(16)24-14-6-2-1-3-7-14/h1-12,21H. The number of halogens is 2. The van der Waals surface area contributed by atoms with Gasteiger partial charge in [0.15, 0.2) is 5.75 Å². The second kappa shape index (κ2) is 7.35. The van der Waals surface area contributed by atoms with Gasteiger partial charge < -0.3 is 4.74 Å². The molecule has 128 valence electrons. The third kappa shape index (κ3) is 4.25. The zero-order chi connectivity index (χ0) is 17.9. The highest BCUT2D eigenvalue weighted by Gasteiger charge is 2.20. The molecule has 0 spiro atoms. The van der Waals surface area contributed by atoms with Crippen LogP contribution in [0.2, 0.25) is 10.0 Å². The molecule has 0 atom stereocenters. The van der Waals surface area contributed by atoms with Gasteiger partial charge in [-0.15, -0.1) is 0 Å². The van der Waals surface area contributed by atoms with Crippen LogP contribution < -0.4 is 9.46 Å². The van der Waals surface area contributed by atoms with Crippen molar-refractivity contribution in [3.8, 4) is 11.5 Å². The molecule has 0 heterocycles. The second-order valence-corrected chi connectivity index (χ2v) is 7.59. The lowest BCUT2D eigenvalue weighted by Gasteiger charge is -2.14. The predicted molar refractivity (Wildman–Crippen MR) is 100 cm³/mol. The van der Waals surface area contributed by atoms with Crippen LogP contribution in [0.5, 0.6) is 11.5 Å². The van der Waals surface area contributed by atoms with Gasteiger partial charge in [-0.1, -0.05) is 53.5 Å². The minimum Gasteiger partial charge on any atom is -0.455 e. The minimum absolute atomic E-state index is 0.0818. The van der Waals surface area contributed by atoms with Crippen LogP contribution in [-0.2, 0) is 10.0 Å². The first-order valence-electron chi connectivity index (χ1n) is 7.25. The highest BCUT2D eigenvalue weighted by molar-refractivity contribution is 7.92. The summed E-state index contributed by atoms with van der Waals surface area (Å²) < 4.78 is 33.6. The van der Waals surface area contributed by atoms with Crippen molar-refractivity contribution in [1.82, 2.24) is 0 Å². The molecule has 0 radical (unpaired) electrons. The maximum atomic E-state index is 12.7. The van der Waals surface area contributed by atoms with E-state index in [1.807, 2.05) is 18.2 Å². The highest BCUT2D eigenvalue weighted by atomic mass is 35.5. The smallest absolute Gasteiger partial charge is 0.263 e. The summed E-state index contributed by atoms with van der Waals surface area (Å²) in [6.07, 6.45) is 0. The van der Waals surface area contributed by atoms with Crippen molar-refractivity contribution in [2.24, 2.45) is 0 Å². The van der Waals surface area contributed by atoms with Gasteiger partial charge >= 0.3 is 0 Å². The Balaban J connectivity index is 1.94. The molecule has 3 rings (SSSR count). The first-order valence-corrected chi connectivity index (χ1v) is 9.49. The van der Waals surface area contributed by atoms with Gasteiger partial charge in [-0.25, -0.2) is 8.42 Å². The van der Waals surface area contributed by atoms with Gasteiger partial charge in [-0.3, -0.25) is 4.72 Å². The number of hydrogen-bond acceptors (Lipinski definition) is 3. The van der Waals surface area contributed by atoms with Crippen molar-refractivity contribution in [3.63, 3.8) is 0 Å². The van der Waals surface area contributed by atoms with E-state index < -0.39 is 10.0 Å². The van der Waals surface area contributed by atoms with E-state index in [0.29, 0.717) is 17.2 Å². The van der Waals surface area contributed by atoms with Crippen LogP contribution in [0.25, 0.3) is 0 Å². The second-order valence-electron chi connectivity index (χ2n) is 5.09. The topological polar surface area (TPSA) is 55.4 Å². The fourth-order valence-electron chi connectivity index (χ4n) is 2.14. The molecule has 0 saturated carbocycles. The summed E-state index contributed by atoms with van der Waals surface area (Å²) in [7, 11) is -3.93. The molecule has 0 aliphatic carbocycles. The summed E-state index contributed by atoms with van der Waals surface area (Å²) >= 11 is 11.9. The van der Waals surface area contributed by atoms with E-state index in [1.54, 1.807) is 36.4 Å². The molecule has 3 aromatic carbocycles. The molecule has 3 aromatic rings. The van der Waals surface area contributed by atoms with Crippen LogP contribution in [0.4, 0.5) is 5.69 Å². The van der Waals surface area contributed by atoms with Crippen LogP contribution >= 0.6 is 23.2 Å². The average Bonchev–Trinajstić information content (AvgIpc) is 2.59. The van der Waals surface area contributed by atoms with E-state index in [9.17, 15) is 8.42 Å². The van der Waals surface area contributed by atoms with Gasteiger partial charge in [0.05, 0.1) is 10.7 Å². The van der Waals surface area contributed by atoms with Gasteiger partial charge in [0.25, 0.3) is 10.0 Å². The summed E-state index contributed by atoms with van der Waals surface area (Å²) in [4.78, 5) is -0.101. The Labute approximate surface area is 156 Å².